The summed E-state index contributed by atoms with van der Waals surface area (Å²) in [5, 5.41) is 6.16. The zero-order chi connectivity index (χ0) is 18.8. The highest BCUT2D eigenvalue weighted by Gasteiger charge is 2.18. The maximum absolute atomic E-state index is 11.9. The third-order valence-electron chi connectivity index (χ3n) is 3.07. The van der Waals surface area contributed by atoms with Crippen LogP contribution in [0.1, 0.15) is 26.5 Å². The van der Waals surface area contributed by atoms with Crippen molar-refractivity contribution in [3.8, 4) is 5.75 Å². The van der Waals surface area contributed by atoms with Gasteiger partial charge in [-0.2, -0.15) is 0 Å². The zero-order valence-corrected chi connectivity index (χ0v) is 15.9. The zero-order valence-electron chi connectivity index (χ0n) is 14.4. The van der Waals surface area contributed by atoms with Gasteiger partial charge in [-0.1, -0.05) is 23.2 Å². The molecular formula is C17H19Cl2N3O3. The van der Waals surface area contributed by atoms with Gasteiger partial charge in [0.2, 0.25) is 0 Å². The minimum Gasteiger partial charge on any atom is -0.480 e. The first-order valence-electron chi connectivity index (χ1n) is 7.57. The fourth-order valence-electron chi connectivity index (χ4n) is 2.10. The molecule has 0 aliphatic heterocycles. The molecule has 0 aliphatic rings. The smallest absolute Gasteiger partial charge is 0.321 e. The van der Waals surface area contributed by atoms with E-state index in [4.69, 9.17) is 27.9 Å². The average molecular weight is 384 g/mol. The Labute approximate surface area is 155 Å². The third kappa shape index (κ3) is 5.21. The van der Waals surface area contributed by atoms with Gasteiger partial charge in [-0.25, -0.2) is 9.78 Å². The number of nitrogens with one attached hydrogen (secondary N) is 2. The Kier molecular flexibility index (Phi) is 5.75. The number of carbonyl (C=O) groups excluding carboxylic acids is 2. The Morgan fingerprint density at radius 3 is 2.52 bits per heavy atom. The van der Waals surface area contributed by atoms with E-state index in [-0.39, 0.29) is 17.4 Å². The van der Waals surface area contributed by atoms with Crippen molar-refractivity contribution in [2.75, 3.05) is 6.61 Å². The van der Waals surface area contributed by atoms with Crippen LogP contribution >= 0.6 is 23.2 Å². The lowest BCUT2D eigenvalue weighted by Gasteiger charge is -2.20. The van der Waals surface area contributed by atoms with Crippen LogP contribution < -0.4 is 15.4 Å². The SMILES string of the molecule is Cc1ccc2c(Cl)cc(Cl)c(OCC(=O)NC(=O)NC(C)(C)C)c2n1. The predicted octanol–water partition coefficient (Wildman–Crippen LogP) is 3.85. The number of fused-ring (bicyclic) bond motifs is 1. The number of aryl methyl sites for hydroxylation is 1. The molecule has 0 atom stereocenters. The number of hydrogen-bond donors (Lipinski definition) is 2. The molecule has 6 nitrogen and oxygen atoms in total. The van der Waals surface area contributed by atoms with E-state index in [0.29, 0.717) is 15.9 Å². The molecule has 1 aromatic carbocycles. The highest BCUT2D eigenvalue weighted by molar-refractivity contribution is 6.39. The summed E-state index contributed by atoms with van der Waals surface area (Å²) in [6, 6.07) is 4.56. The standard InChI is InChI=1S/C17H19Cl2N3O3/c1-9-5-6-10-11(18)7-12(19)15(14(10)20-9)25-8-13(23)21-16(24)22-17(2,3)4/h5-7H,8H2,1-4H3,(H2,21,22,23,24). The minimum atomic E-state index is -0.603. The summed E-state index contributed by atoms with van der Waals surface area (Å²) in [5.74, 6) is -0.357. The van der Waals surface area contributed by atoms with E-state index in [1.54, 1.807) is 26.8 Å². The summed E-state index contributed by atoms with van der Waals surface area (Å²) in [4.78, 5) is 28.0. The van der Waals surface area contributed by atoms with Gasteiger partial charge in [0.25, 0.3) is 5.91 Å². The normalized spacial score (nSPS) is 11.3. The second kappa shape index (κ2) is 7.45. The van der Waals surface area contributed by atoms with Crippen LogP contribution in [0.4, 0.5) is 4.79 Å². The van der Waals surface area contributed by atoms with Crippen LogP contribution in [0.3, 0.4) is 0 Å². The van der Waals surface area contributed by atoms with E-state index in [2.05, 4.69) is 15.6 Å². The van der Waals surface area contributed by atoms with Crippen LogP contribution in [0.5, 0.6) is 5.75 Å². The number of halogens is 2. The van der Waals surface area contributed by atoms with Crippen molar-refractivity contribution in [3.05, 3.63) is 33.9 Å². The topological polar surface area (TPSA) is 80.3 Å². The van der Waals surface area contributed by atoms with Gasteiger partial charge in [0.1, 0.15) is 5.52 Å². The molecule has 134 valence electrons. The van der Waals surface area contributed by atoms with Crippen molar-refractivity contribution in [2.45, 2.75) is 33.2 Å². The number of urea groups is 1. The first-order valence-corrected chi connectivity index (χ1v) is 8.32. The molecule has 2 N–H and O–H groups in total. The first kappa shape index (κ1) is 19.3. The van der Waals surface area contributed by atoms with Crippen molar-refractivity contribution in [1.29, 1.82) is 0 Å². The van der Waals surface area contributed by atoms with Gasteiger partial charge in [0.15, 0.2) is 12.4 Å². The summed E-state index contributed by atoms with van der Waals surface area (Å²) in [6.07, 6.45) is 0. The third-order valence-corrected chi connectivity index (χ3v) is 3.66. The number of amides is 3. The summed E-state index contributed by atoms with van der Waals surface area (Å²) in [5.41, 5.74) is 0.761. The first-order chi connectivity index (χ1) is 11.6. The monoisotopic (exact) mass is 383 g/mol. The van der Waals surface area contributed by atoms with E-state index < -0.39 is 17.5 Å². The highest BCUT2D eigenvalue weighted by Crippen LogP contribution is 2.37. The minimum absolute atomic E-state index is 0.238. The molecule has 0 fully saturated rings. The molecule has 0 saturated heterocycles. The Morgan fingerprint density at radius 1 is 1.20 bits per heavy atom. The molecule has 0 bridgehead atoms. The average Bonchev–Trinajstić information content (AvgIpc) is 2.44. The van der Waals surface area contributed by atoms with Crippen LogP contribution in [0.15, 0.2) is 18.2 Å². The lowest BCUT2D eigenvalue weighted by Crippen LogP contribution is -2.49. The Morgan fingerprint density at radius 2 is 1.88 bits per heavy atom. The molecule has 25 heavy (non-hydrogen) atoms. The molecule has 2 aromatic rings. The van der Waals surface area contributed by atoms with Crippen molar-refractivity contribution in [2.24, 2.45) is 0 Å². The van der Waals surface area contributed by atoms with Crippen molar-refractivity contribution < 1.29 is 14.3 Å². The fourth-order valence-corrected chi connectivity index (χ4v) is 2.67. The largest absolute Gasteiger partial charge is 0.480 e. The number of imide groups is 1. The Balaban J connectivity index is 2.14. The van der Waals surface area contributed by atoms with Gasteiger partial charge in [-0.15, -0.1) is 0 Å². The second-order valence-electron chi connectivity index (χ2n) is 6.56. The summed E-state index contributed by atoms with van der Waals surface area (Å²) in [6.45, 7) is 6.86. The lowest BCUT2D eigenvalue weighted by molar-refractivity contribution is -0.121. The highest BCUT2D eigenvalue weighted by atomic mass is 35.5. The summed E-state index contributed by atoms with van der Waals surface area (Å²) >= 11 is 12.3. The van der Waals surface area contributed by atoms with Gasteiger partial charge in [0, 0.05) is 16.6 Å². The quantitative estimate of drug-likeness (QED) is 0.842. The van der Waals surface area contributed by atoms with Gasteiger partial charge < -0.3 is 10.1 Å². The molecule has 1 heterocycles. The van der Waals surface area contributed by atoms with E-state index in [9.17, 15) is 9.59 Å². The number of benzene rings is 1. The van der Waals surface area contributed by atoms with Gasteiger partial charge >= 0.3 is 6.03 Å². The number of carbonyl (C=O) groups is 2. The fraction of sp³-hybridized carbons (Fsp3) is 0.353. The molecule has 3 amide bonds. The second-order valence-corrected chi connectivity index (χ2v) is 7.37. The molecule has 0 saturated carbocycles. The predicted molar refractivity (Wildman–Crippen MR) is 98.4 cm³/mol. The van der Waals surface area contributed by atoms with Crippen molar-refractivity contribution in [3.63, 3.8) is 0 Å². The Hall–Kier alpha value is -2.05. The number of ether oxygens (including phenoxy) is 1. The Bertz CT molecular complexity index is 832. The van der Waals surface area contributed by atoms with Crippen LogP contribution in [0.25, 0.3) is 10.9 Å². The molecule has 2 rings (SSSR count). The number of aromatic nitrogens is 1. The molecule has 0 aliphatic carbocycles. The maximum atomic E-state index is 11.9. The number of hydrogen-bond acceptors (Lipinski definition) is 4. The molecule has 0 unspecified atom stereocenters. The number of rotatable bonds is 3. The number of nitrogens with zero attached hydrogens (tertiary/aromatic N) is 1. The lowest BCUT2D eigenvalue weighted by atomic mass is 10.1. The van der Waals surface area contributed by atoms with Gasteiger partial charge in [-0.05, 0) is 45.9 Å². The molecule has 1 aromatic heterocycles. The molecule has 0 spiro atoms. The van der Waals surface area contributed by atoms with Crippen molar-refractivity contribution >= 4 is 46.0 Å². The molecule has 0 radical (unpaired) electrons. The van der Waals surface area contributed by atoms with E-state index in [1.165, 1.54) is 6.07 Å². The van der Waals surface area contributed by atoms with E-state index in [1.807, 2.05) is 13.0 Å². The van der Waals surface area contributed by atoms with E-state index in [0.717, 1.165) is 5.69 Å². The van der Waals surface area contributed by atoms with Gasteiger partial charge in [0.05, 0.1) is 10.0 Å². The molecule has 8 heteroatoms. The van der Waals surface area contributed by atoms with Crippen LogP contribution in [-0.2, 0) is 4.79 Å². The van der Waals surface area contributed by atoms with Crippen LogP contribution in [0, 0.1) is 6.92 Å². The van der Waals surface area contributed by atoms with E-state index >= 15 is 0 Å². The summed E-state index contributed by atoms with van der Waals surface area (Å²) in [7, 11) is 0. The maximum Gasteiger partial charge on any atom is 0.321 e. The van der Waals surface area contributed by atoms with Gasteiger partial charge in [-0.3, -0.25) is 10.1 Å². The number of pyridine rings is 1. The van der Waals surface area contributed by atoms with Crippen LogP contribution in [0.2, 0.25) is 10.0 Å². The van der Waals surface area contributed by atoms with Crippen LogP contribution in [-0.4, -0.2) is 29.1 Å². The van der Waals surface area contributed by atoms with Crippen molar-refractivity contribution in [1.82, 2.24) is 15.6 Å². The summed E-state index contributed by atoms with van der Waals surface area (Å²) < 4.78 is 5.51. The molecular weight excluding hydrogens is 365 g/mol.